The van der Waals surface area contributed by atoms with Crippen molar-refractivity contribution >= 4 is 63.2 Å². The third kappa shape index (κ3) is 8.00. The number of aryl methyl sites for hydroxylation is 2. The summed E-state index contributed by atoms with van der Waals surface area (Å²) in [5.41, 5.74) is 9.63. The molecule has 5 amide bonds. The monoisotopic (exact) mass is 846 g/mol. The first kappa shape index (κ1) is 41.0. The Labute approximate surface area is 363 Å². The number of nitrogens with zero attached hydrogens (tertiary/aromatic N) is 5. The lowest BCUT2D eigenvalue weighted by molar-refractivity contribution is -0.134. The van der Waals surface area contributed by atoms with Crippen LogP contribution < -0.4 is 30.7 Å². The molecule has 4 heterocycles. The van der Waals surface area contributed by atoms with E-state index in [2.05, 4.69) is 57.1 Å². The van der Waals surface area contributed by atoms with Crippen molar-refractivity contribution in [2.75, 3.05) is 59.8 Å². The molecule has 5 aromatic carbocycles. The van der Waals surface area contributed by atoms with Gasteiger partial charge < -0.3 is 25.3 Å². The van der Waals surface area contributed by atoms with Crippen LogP contribution in [0.2, 0.25) is 0 Å². The maximum absolute atomic E-state index is 15.5. The molecule has 0 spiro atoms. The van der Waals surface area contributed by atoms with Crippen LogP contribution in [-0.2, 0) is 21.4 Å². The SMILES string of the molecule is CNC(=O)c1cccc(NC(=O)c2nn(C)c3ccc(-c4ccc(N5CCCC5=O)cc4-c4ccc(N5CCN(c6ccc(C7CCC(=O)NC7=O)cc6F)CC5)cc4C)cc23)c1. The lowest BCUT2D eigenvalue weighted by Gasteiger charge is -2.38. The van der Waals surface area contributed by atoms with E-state index >= 15 is 4.39 Å². The van der Waals surface area contributed by atoms with Crippen molar-refractivity contribution in [2.45, 2.75) is 38.5 Å². The highest BCUT2D eigenvalue weighted by Crippen LogP contribution is 2.40. The minimum atomic E-state index is -0.542. The van der Waals surface area contributed by atoms with Crippen LogP contribution in [-0.4, -0.2) is 79.1 Å². The van der Waals surface area contributed by atoms with Crippen LogP contribution >= 0.6 is 0 Å². The van der Waals surface area contributed by atoms with Crippen LogP contribution in [0.15, 0.2) is 97.1 Å². The molecule has 1 atom stereocenters. The Kier molecular flexibility index (Phi) is 11.0. The van der Waals surface area contributed by atoms with Crippen LogP contribution in [0.5, 0.6) is 0 Å². The number of piperazine rings is 1. The molecule has 3 aliphatic rings. The van der Waals surface area contributed by atoms with E-state index in [1.165, 1.54) is 6.07 Å². The zero-order valence-electron chi connectivity index (χ0n) is 35.3. The van der Waals surface area contributed by atoms with Gasteiger partial charge in [0, 0.05) is 87.7 Å². The molecule has 1 unspecified atom stereocenters. The maximum Gasteiger partial charge on any atom is 0.276 e. The molecule has 3 fully saturated rings. The van der Waals surface area contributed by atoms with Crippen molar-refractivity contribution < 1.29 is 28.4 Å². The first-order chi connectivity index (χ1) is 30.4. The Morgan fingerprint density at radius 3 is 2.29 bits per heavy atom. The summed E-state index contributed by atoms with van der Waals surface area (Å²) in [5, 5.41) is 13.1. The number of aromatic nitrogens is 2. The van der Waals surface area contributed by atoms with Gasteiger partial charge >= 0.3 is 0 Å². The molecule has 3 aliphatic heterocycles. The summed E-state index contributed by atoms with van der Waals surface area (Å²) in [4.78, 5) is 69.2. The van der Waals surface area contributed by atoms with E-state index in [0.717, 1.165) is 51.1 Å². The fraction of sp³-hybridized carbons (Fsp3) is 0.265. The van der Waals surface area contributed by atoms with E-state index in [0.29, 0.717) is 73.5 Å². The van der Waals surface area contributed by atoms with E-state index in [9.17, 15) is 24.0 Å². The molecule has 0 radical (unpaired) electrons. The van der Waals surface area contributed by atoms with E-state index in [-0.39, 0.29) is 41.6 Å². The van der Waals surface area contributed by atoms with Crippen molar-refractivity contribution in [2.24, 2.45) is 7.05 Å². The number of imide groups is 1. The van der Waals surface area contributed by atoms with Crippen molar-refractivity contribution in [1.82, 2.24) is 20.4 Å². The Morgan fingerprint density at radius 1 is 0.778 bits per heavy atom. The van der Waals surface area contributed by atoms with Crippen LogP contribution in [0.1, 0.15) is 63.6 Å². The normalized spacial score (nSPS) is 16.7. The number of halogens is 1. The second kappa shape index (κ2) is 16.8. The molecule has 0 saturated carbocycles. The van der Waals surface area contributed by atoms with Crippen molar-refractivity contribution in [1.29, 1.82) is 0 Å². The molecular formula is C49H47FN8O5. The van der Waals surface area contributed by atoms with Crippen LogP contribution in [0.25, 0.3) is 33.2 Å². The molecule has 9 rings (SSSR count). The Hall–Kier alpha value is -7.35. The van der Waals surface area contributed by atoms with Crippen LogP contribution in [0.4, 0.5) is 27.1 Å². The molecule has 0 bridgehead atoms. The van der Waals surface area contributed by atoms with Crippen LogP contribution in [0, 0.1) is 12.7 Å². The van der Waals surface area contributed by atoms with Crippen LogP contribution in [0.3, 0.4) is 0 Å². The standard InChI is InChI=1S/C49H47FN8O5/c1-29-24-34(56-20-22-57(23-21-56)43-17-10-31(27-41(43)50)38-15-18-44(59)53-48(38)62)11-13-36(29)39-28-35(58-19-5-8-45(58)60)12-14-37(39)30-9-16-42-40(26-30)46(54-55(42)3)49(63)52-33-7-4-6-32(25-33)47(61)51-2/h4,6-7,9-14,16-17,24-28,38H,5,8,15,18-23H2,1-3H3,(H,51,61)(H,52,63)(H,53,59,62). The van der Waals surface area contributed by atoms with Gasteiger partial charge in [-0.1, -0.05) is 30.3 Å². The predicted octanol–water partition coefficient (Wildman–Crippen LogP) is 6.94. The Morgan fingerprint density at radius 2 is 1.56 bits per heavy atom. The van der Waals surface area contributed by atoms with Crippen molar-refractivity contribution in [3.8, 4) is 22.3 Å². The lowest BCUT2D eigenvalue weighted by atomic mass is 9.90. The van der Waals surface area contributed by atoms with Gasteiger partial charge in [0.1, 0.15) is 5.82 Å². The number of anilines is 4. The minimum Gasteiger partial charge on any atom is -0.368 e. The number of nitrogens with one attached hydrogen (secondary N) is 3. The Bertz CT molecular complexity index is 2850. The molecule has 6 aromatic rings. The number of carbonyl (C=O) groups excluding carboxylic acids is 5. The summed E-state index contributed by atoms with van der Waals surface area (Å²) in [6, 6.07) is 30.1. The molecule has 63 heavy (non-hydrogen) atoms. The van der Waals surface area contributed by atoms with Gasteiger partial charge in [0.15, 0.2) is 5.69 Å². The molecule has 0 aliphatic carbocycles. The number of hydrogen-bond acceptors (Lipinski definition) is 8. The summed E-state index contributed by atoms with van der Waals surface area (Å²) < 4.78 is 17.2. The molecule has 13 nitrogen and oxygen atoms in total. The topological polar surface area (TPSA) is 149 Å². The van der Waals surface area contributed by atoms with E-state index in [1.54, 1.807) is 55.2 Å². The number of rotatable bonds is 9. The minimum absolute atomic E-state index is 0.0957. The number of benzene rings is 5. The van der Waals surface area contributed by atoms with Gasteiger partial charge in [0.25, 0.3) is 11.8 Å². The predicted molar refractivity (Wildman–Crippen MR) is 242 cm³/mol. The molecule has 14 heteroatoms. The molecule has 1 aromatic heterocycles. The van der Waals surface area contributed by atoms with Gasteiger partial charge in [0.2, 0.25) is 17.7 Å². The number of fused-ring (bicyclic) bond motifs is 1. The first-order valence-corrected chi connectivity index (χ1v) is 21.2. The van der Waals surface area contributed by atoms with Gasteiger partial charge in [-0.25, -0.2) is 4.39 Å². The van der Waals surface area contributed by atoms with Gasteiger partial charge in [-0.15, -0.1) is 0 Å². The highest BCUT2D eigenvalue weighted by molar-refractivity contribution is 6.12. The van der Waals surface area contributed by atoms with Gasteiger partial charge in [-0.2, -0.15) is 5.10 Å². The first-order valence-electron chi connectivity index (χ1n) is 21.2. The Balaban J connectivity index is 0.986. The lowest BCUT2D eigenvalue weighted by Crippen LogP contribution is -2.46. The summed E-state index contributed by atoms with van der Waals surface area (Å²) in [7, 11) is 3.35. The number of piperidine rings is 1. The van der Waals surface area contributed by atoms with Gasteiger partial charge in [-0.3, -0.25) is 34.0 Å². The summed E-state index contributed by atoms with van der Waals surface area (Å²) in [6.45, 7) is 5.28. The number of amides is 5. The van der Waals surface area contributed by atoms with Crippen molar-refractivity contribution in [3.63, 3.8) is 0 Å². The highest BCUT2D eigenvalue weighted by atomic mass is 19.1. The van der Waals surface area contributed by atoms with Crippen molar-refractivity contribution in [3.05, 3.63) is 125 Å². The van der Waals surface area contributed by atoms with E-state index in [1.807, 2.05) is 40.1 Å². The average molecular weight is 847 g/mol. The highest BCUT2D eigenvalue weighted by Gasteiger charge is 2.30. The average Bonchev–Trinajstić information content (AvgIpc) is 3.87. The largest absolute Gasteiger partial charge is 0.368 e. The zero-order valence-corrected chi connectivity index (χ0v) is 35.3. The summed E-state index contributed by atoms with van der Waals surface area (Å²) in [6.07, 6.45) is 1.92. The quantitative estimate of drug-likeness (QED) is 0.133. The molecule has 320 valence electrons. The number of hydrogen-bond donors (Lipinski definition) is 3. The fourth-order valence-corrected chi connectivity index (χ4v) is 9.13. The number of carbonyl (C=O) groups is 5. The zero-order chi connectivity index (χ0) is 43.9. The van der Waals surface area contributed by atoms with E-state index < -0.39 is 11.8 Å². The molecule has 3 N–H and O–H groups in total. The maximum atomic E-state index is 15.5. The van der Waals surface area contributed by atoms with Gasteiger partial charge in [-0.05, 0) is 120 Å². The second-order valence-electron chi connectivity index (χ2n) is 16.4. The third-order valence-electron chi connectivity index (χ3n) is 12.5. The summed E-state index contributed by atoms with van der Waals surface area (Å²) in [5.74, 6) is -2.18. The third-order valence-corrected chi connectivity index (χ3v) is 12.5. The fourth-order valence-electron chi connectivity index (χ4n) is 9.13. The molecular weight excluding hydrogens is 800 g/mol. The smallest absolute Gasteiger partial charge is 0.276 e. The second-order valence-corrected chi connectivity index (χ2v) is 16.4. The molecule has 3 saturated heterocycles. The summed E-state index contributed by atoms with van der Waals surface area (Å²) >= 11 is 0. The van der Waals surface area contributed by atoms with Gasteiger partial charge in [0.05, 0.1) is 17.1 Å². The van der Waals surface area contributed by atoms with E-state index in [4.69, 9.17) is 0 Å².